The molecule has 0 aromatic carbocycles. The number of carbonyl (C=O) groups excluding carboxylic acids is 1. The van der Waals surface area contributed by atoms with Gasteiger partial charge in [-0.3, -0.25) is 0 Å². The molecule has 1 aliphatic carbocycles. The van der Waals surface area contributed by atoms with E-state index in [9.17, 15) is 13.2 Å². The lowest BCUT2D eigenvalue weighted by atomic mass is 10.4. The van der Waals surface area contributed by atoms with E-state index in [4.69, 9.17) is 4.74 Å². The van der Waals surface area contributed by atoms with Gasteiger partial charge >= 0.3 is 16.3 Å². The Kier molecular flexibility index (Phi) is 3.58. The Balaban J connectivity index is 1.95. The molecule has 0 atom stereocenters. The molecule has 0 aromatic rings. The van der Waals surface area contributed by atoms with Crippen molar-refractivity contribution in [3.8, 4) is 0 Å². The summed E-state index contributed by atoms with van der Waals surface area (Å²) in [5, 5.41) is 0. The molecular weight excluding hydrogens is 244 g/mol. The highest BCUT2D eigenvalue weighted by Crippen LogP contribution is 2.33. The van der Waals surface area contributed by atoms with Crippen molar-refractivity contribution in [2.45, 2.75) is 38.6 Å². The minimum atomic E-state index is -3.61. The van der Waals surface area contributed by atoms with Crippen LogP contribution in [0.3, 0.4) is 0 Å². The minimum Gasteiger partial charge on any atom is -0.449 e. The van der Waals surface area contributed by atoms with Crippen molar-refractivity contribution in [1.29, 1.82) is 0 Å². The largest absolute Gasteiger partial charge is 0.449 e. The number of hydrogen-bond donors (Lipinski definition) is 0. The van der Waals surface area contributed by atoms with Gasteiger partial charge in [-0.2, -0.15) is 17.0 Å². The van der Waals surface area contributed by atoms with Crippen molar-refractivity contribution in [3.63, 3.8) is 0 Å². The van der Waals surface area contributed by atoms with Crippen LogP contribution in [0.25, 0.3) is 0 Å². The molecule has 0 radical (unpaired) electrons. The van der Waals surface area contributed by atoms with Gasteiger partial charge in [0.15, 0.2) is 0 Å². The molecule has 17 heavy (non-hydrogen) atoms. The molecule has 2 aliphatic rings. The van der Waals surface area contributed by atoms with E-state index in [1.54, 1.807) is 0 Å². The van der Waals surface area contributed by atoms with E-state index in [2.05, 4.69) is 0 Å². The Bertz CT molecular complexity index is 391. The lowest BCUT2D eigenvalue weighted by Gasteiger charge is -2.17. The summed E-state index contributed by atoms with van der Waals surface area (Å²) in [5.41, 5.74) is 0. The van der Waals surface area contributed by atoms with E-state index in [-0.39, 0.29) is 19.2 Å². The molecule has 1 saturated carbocycles. The third-order valence-corrected chi connectivity index (χ3v) is 4.94. The van der Waals surface area contributed by atoms with Crippen LogP contribution in [0.2, 0.25) is 0 Å². The fourth-order valence-electron chi connectivity index (χ4n) is 1.84. The Morgan fingerprint density at radius 3 is 2.65 bits per heavy atom. The topological polar surface area (TPSA) is 66.9 Å². The molecule has 0 unspecified atom stereocenters. The second-order valence-corrected chi connectivity index (χ2v) is 6.20. The molecule has 6 nitrogen and oxygen atoms in total. The van der Waals surface area contributed by atoms with E-state index in [1.807, 2.05) is 6.92 Å². The van der Waals surface area contributed by atoms with Crippen molar-refractivity contribution < 1.29 is 17.9 Å². The Morgan fingerprint density at radius 2 is 2.06 bits per heavy atom. The SMILES string of the molecule is CCCCOC(=O)N1CCN(C2CC2)S1(=O)=O. The standard InChI is InChI=1S/C10H18N2O4S/c1-2-3-8-16-10(13)12-7-6-11(9-4-5-9)17(12,14)15/h9H,2-8H2,1H3. The van der Waals surface area contributed by atoms with Crippen LogP contribution >= 0.6 is 0 Å². The predicted octanol–water partition coefficient (Wildman–Crippen LogP) is 0.948. The van der Waals surface area contributed by atoms with Crippen LogP contribution in [0.15, 0.2) is 0 Å². The summed E-state index contributed by atoms with van der Waals surface area (Å²) in [7, 11) is -3.61. The molecule has 98 valence electrons. The first-order valence-electron chi connectivity index (χ1n) is 6.03. The van der Waals surface area contributed by atoms with Crippen molar-refractivity contribution in [1.82, 2.24) is 8.61 Å². The number of hydrogen-bond acceptors (Lipinski definition) is 4. The molecule has 1 heterocycles. The van der Waals surface area contributed by atoms with Crippen LogP contribution in [0.1, 0.15) is 32.6 Å². The number of nitrogens with zero attached hydrogens (tertiary/aromatic N) is 2. The molecule has 0 aromatic heterocycles. The first-order valence-corrected chi connectivity index (χ1v) is 7.43. The minimum absolute atomic E-state index is 0.105. The van der Waals surface area contributed by atoms with E-state index >= 15 is 0 Å². The van der Waals surface area contributed by atoms with Crippen molar-refractivity contribution in [2.75, 3.05) is 19.7 Å². The second-order valence-electron chi connectivity index (χ2n) is 4.39. The second kappa shape index (κ2) is 4.81. The number of ether oxygens (including phenoxy) is 1. The number of unbranched alkanes of at least 4 members (excludes halogenated alkanes) is 1. The smallest absolute Gasteiger partial charge is 0.424 e. The van der Waals surface area contributed by atoms with Gasteiger partial charge in [0.05, 0.1) is 13.2 Å². The lowest BCUT2D eigenvalue weighted by molar-refractivity contribution is 0.126. The van der Waals surface area contributed by atoms with Crippen LogP contribution in [-0.2, 0) is 14.9 Å². The molecule has 0 spiro atoms. The van der Waals surface area contributed by atoms with E-state index in [1.165, 1.54) is 4.31 Å². The average molecular weight is 262 g/mol. The summed E-state index contributed by atoms with van der Waals surface area (Å²) in [6.45, 7) is 2.87. The molecule has 0 bridgehead atoms. The molecule has 7 heteroatoms. The van der Waals surface area contributed by atoms with Crippen LogP contribution in [0, 0.1) is 0 Å². The molecule has 2 fully saturated rings. The lowest BCUT2D eigenvalue weighted by Crippen LogP contribution is -2.38. The number of rotatable bonds is 4. The Hall–Kier alpha value is -0.820. The third kappa shape index (κ3) is 2.55. The molecule has 0 N–H and O–H groups in total. The summed E-state index contributed by atoms with van der Waals surface area (Å²) in [4.78, 5) is 11.6. The Labute approximate surface area is 102 Å². The summed E-state index contributed by atoms with van der Waals surface area (Å²) in [6, 6.07) is 0.105. The summed E-state index contributed by atoms with van der Waals surface area (Å²) >= 11 is 0. The zero-order chi connectivity index (χ0) is 12.5. The predicted molar refractivity (Wildman–Crippen MR) is 61.6 cm³/mol. The highest BCUT2D eigenvalue weighted by atomic mass is 32.2. The zero-order valence-corrected chi connectivity index (χ0v) is 10.8. The summed E-state index contributed by atoms with van der Waals surface area (Å²) in [5.74, 6) is 0. The van der Waals surface area contributed by atoms with Gasteiger partial charge in [0.1, 0.15) is 0 Å². The number of amides is 1. The summed E-state index contributed by atoms with van der Waals surface area (Å²) < 4.78 is 31.2. The summed E-state index contributed by atoms with van der Waals surface area (Å²) in [6.07, 6.45) is 2.73. The van der Waals surface area contributed by atoms with Gasteiger partial charge in [0.2, 0.25) is 0 Å². The first-order chi connectivity index (χ1) is 8.07. The van der Waals surface area contributed by atoms with Gasteiger partial charge in [-0.15, -0.1) is 0 Å². The third-order valence-electron chi connectivity index (χ3n) is 2.98. The highest BCUT2D eigenvalue weighted by Gasteiger charge is 2.47. The van der Waals surface area contributed by atoms with E-state index in [0.717, 1.165) is 30.0 Å². The number of carbonyl (C=O) groups is 1. The van der Waals surface area contributed by atoms with Gasteiger partial charge < -0.3 is 4.74 Å². The van der Waals surface area contributed by atoms with Gasteiger partial charge in [-0.05, 0) is 19.3 Å². The fraction of sp³-hybridized carbons (Fsp3) is 0.900. The first kappa shape index (κ1) is 12.6. The van der Waals surface area contributed by atoms with Crippen LogP contribution < -0.4 is 0 Å². The molecule has 1 aliphatic heterocycles. The quantitative estimate of drug-likeness (QED) is 0.707. The average Bonchev–Trinajstić information content (AvgIpc) is 3.03. The maximum absolute atomic E-state index is 12.0. The normalized spacial score (nSPS) is 23.9. The fourth-order valence-corrected chi connectivity index (χ4v) is 3.55. The monoisotopic (exact) mass is 262 g/mol. The van der Waals surface area contributed by atoms with Gasteiger partial charge in [0, 0.05) is 12.6 Å². The molecule has 1 saturated heterocycles. The van der Waals surface area contributed by atoms with Crippen molar-refractivity contribution >= 4 is 16.3 Å². The van der Waals surface area contributed by atoms with Crippen LogP contribution in [0.4, 0.5) is 4.79 Å². The maximum atomic E-state index is 12.0. The van der Waals surface area contributed by atoms with Gasteiger partial charge in [-0.1, -0.05) is 13.3 Å². The molecule has 1 amide bonds. The van der Waals surface area contributed by atoms with E-state index < -0.39 is 16.3 Å². The van der Waals surface area contributed by atoms with Crippen molar-refractivity contribution in [2.24, 2.45) is 0 Å². The van der Waals surface area contributed by atoms with Gasteiger partial charge in [0.25, 0.3) is 0 Å². The molecular formula is C10H18N2O4S. The van der Waals surface area contributed by atoms with Crippen LogP contribution in [0.5, 0.6) is 0 Å². The highest BCUT2D eigenvalue weighted by molar-refractivity contribution is 7.87. The van der Waals surface area contributed by atoms with Crippen molar-refractivity contribution in [3.05, 3.63) is 0 Å². The van der Waals surface area contributed by atoms with Crippen LogP contribution in [-0.4, -0.2) is 48.9 Å². The zero-order valence-electron chi connectivity index (χ0n) is 9.96. The van der Waals surface area contributed by atoms with Gasteiger partial charge in [-0.25, -0.2) is 4.79 Å². The maximum Gasteiger partial charge on any atom is 0.424 e. The Morgan fingerprint density at radius 1 is 1.35 bits per heavy atom. The van der Waals surface area contributed by atoms with E-state index in [0.29, 0.717) is 6.54 Å². The molecule has 2 rings (SSSR count).